The molecular formula is C30H29NO7. The first-order chi connectivity index (χ1) is 18.4. The molecular weight excluding hydrogens is 486 g/mol. The van der Waals surface area contributed by atoms with Gasteiger partial charge in [0.1, 0.15) is 17.1 Å². The maximum absolute atomic E-state index is 13.6. The molecule has 1 aliphatic rings. The number of anilines is 1. The standard InChI is InChI=1S/C30H29NO7/c1-17(2)16-36-23-14-9-18(15-24(23)35-4)25-26-27(21-7-5-6-8-22(21)37-30(26)33)38-28(25)29(32)31-19-10-12-20(34-3)13-11-19/h5-15,17,25,28H,16H2,1-4H3,(H,31,32)/t25-,28-/m1/s1. The van der Waals surface area contributed by atoms with Crippen molar-refractivity contribution in [2.45, 2.75) is 25.9 Å². The zero-order valence-corrected chi connectivity index (χ0v) is 21.6. The van der Waals surface area contributed by atoms with E-state index >= 15 is 0 Å². The van der Waals surface area contributed by atoms with Crippen LogP contribution in [0.15, 0.2) is 75.9 Å². The summed E-state index contributed by atoms with van der Waals surface area (Å²) in [5.41, 5.74) is 1.36. The monoisotopic (exact) mass is 515 g/mol. The summed E-state index contributed by atoms with van der Waals surface area (Å²) in [6, 6.07) is 19.5. The average Bonchev–Trinajstić information content (AvgIpc) is 3.34. The predicted octanol–water partition coefficient (Wildman–Crippen LogP) is 5.38. The molecule has 2 atom stereocenters. The van der Waals surface area contributed by atoms with Gasteiger partial charge >= 0.3 is 5.63 Å². The van der Waals surface area contributed by atoms with Gasteiger partial charge in [-0.3, -0.25) is 4.79 Å². The van der Waals surface area contributed by atoms with Crippen molar-refractivity contribution in [2.75, 3.05) is 26.1 Å². The van der Waals surface area contributed by atoms with Crippen molar-refractivity contribution >= 4 is 22.6 Å². The van der Waals surface area contributed by atoms with Gasteiger partial charge in [-0.2, -0.15) is 0 Å². The van der Waals surface area contributed by atoms with E-state index < -0.39 is 23.6 Å². The number of rotatable bonds is 8. The highest BCUT2D eigenvalue weighted by Gasteiger charge is 2.44. The molecule has 3 aromatic carbocycles. The first-order valence-corrected chi connectivity index (χ1v) is 12.4. The van der Waals surface area contributed by atoms with Crippen LogP contribution in [0.3, 0.4) is 0 Å². The molecule has 0 saturated heterocycles. The van der Waals surface area contributed by atoms with E-state index in [0.717, 1.165) is 0 Å². The van der Waals surface area contributed by atoms with Gasteiger partial charge in [0.25, 0.3) is 5.91 Å². The van der Waals surface area contributed by atoms with Crippen LogP contribution in [0.1, 0.15) is 30.9 Å². The van der Waals surface area contributed by atoms with Crippen molar-refractivity contribution in [1.29, 1.82) is 0 Å². The molecule has 0 fully saturated rings. The highest BCUT2D eigenvalue weighted by molar-refractivity contribution is 5.97. The van der Waals surface area contributed by atoms with Crippen LogP contribution in [-0.2, 0) is 4.79 Å². The van der Waals surface area contributed by atoms with Crippen LogP contribution in [0.5, 0.6) is 23.0 Å². The van der Waals surface area contributed by atoms with Crippen molar-refractivity contribution < 1.29 is 28.2 Å². The van der Waals surface area contributed by atoms with Crippen LogP contribution in [0.25, 0.3) is 11.0 Å². The quantitative estimate of drug-likeness (QED) is 0.315. The second-order valence-electron chi connectivity index (χ2n) is 9.48. The molecule has 1 aromatic heterocycles. The Hall–Kier alpha value is -4.46. The lowest BCUT2D eigenvalue weighted by atomic mass is 9.88. The summed E-state index contributed by atoms with van der Waals surface area (Å²) in [4.78, 5) is 26.9. The molecule has 4 aromatic rings. The van der Waals surface area contributed by atoms with E-state index in [-0.39, 0.29) is 5.56 Å². The molecule has 0 unspecified atom stereocenters. The zero-order chi connectivity index (χ0) is 26.8. The third-order valence-electron chi connectivity index (χ3n) is 6.39. The lowest BCUT2D eigenvalue weighted by molar-refractivity contribution is -0.122. The number of hydrogen-bond acceptors (Lipinski definition) is 7. The molecule has 0 aliphatic carbocycles. The predicted molar refractivity (Wildman–Crippen MR) is 144 cm³/mol. The SMILES string of the molecule is COc1ccc(NC(=O)[C@@H]2Oc3c(c(=O)oc4ccccc34)[C@H]2c2ccc(OCC(C)C)c(OC)c2)cc1. The molecule has 1 N–H and O–H groups in total. The summed E-state index contributed by atoms with van der Waals surface area (Å²) in [6.07, 6.45) is -1.03. The molecule has 0 radical (unpaired) electrons. The van der Waals surface area contributed by atoms with E-state index in [0.29, 0.717) is 57.7 Å². The minimum Gasteiger partial charge on any atom is -0.497 e. The summed E-state index contributed by atoms with van der Waals surface area (Å²) in [7, 11) is 3.13. The highest BCUT2D eigenvalue weighted by Crippen LogP contribution is 2.46. The average molecular weight is 516 g/mol. The van der Waals surface area contributed by atoms with Gasteiger partial charge in [0, 0.05) is 5.69 Å². The van der Waals surface area contributed by atoms with Gasteiger partial charge in [-0.15, -0.1) is 0 Å². The molecule has 8 nitrogen and oxygen atoms in total. The van der Waals surface area contributed by atoms with Gasteiger partial charge in [0.15, 0.2) is 17.6 Å². The van der Waals surface area contributed by atoms with Crippen LogP contribution in [0.2, 0.25) is 0 Å². The number of para-hydroxylation sites is 1. The molecule has 1 aliphatic heterocycles. The van der Waals surface area contributed by atoms with E-state index in [4.69, 9.17) is 23.4 Å². The summed E-state index contributed by atoms with van der Waals surface area (Å²) in [6.45, 7) is 4.64. The first kappa shape index (κ1) is 25.2. The number of hydrogen-bond donors (Lipinski definition) is 1. The zero-order valence-electron chi connectivity index (χ0n) is 21.6. The number of methoxy groups -OCH3 is 2. The molecule has 38 heavy (non-hydrogen) atoms. The van der Waals surface area contributed by atoms with Crippen LogP contribution in [0, 0.1) is 5.92 Å². The smallest absolute Gasteiger partial charge is 0.344 e. The molecule has 2 heterocycles. The number of carbonyl (C=O) groups is 1. The van der Waals surface area contributed by atoms with Gasteiger partial charge in [0.2, 0.25) is 0 Å². The number of nitrogens with one attached hydrogen (secondary N) is 1. The fourth-order valence-electron chi connectivity index (χ4n) is 4.56. The van der Waals surface area contributed by atoms with E-state index in [1.165, 1.54) is 0 Å². The van der Waals surface area contributed by atoms with Gasteiger partial charge < -0.3 is 28.7 Å². The van der Waals surface area contributed by atoms with Crippen molar-refractivity contribution in [3.8, 4) is 23.0 Å². The van der Waals surface area contributed by atoms with Crippen LogP contribution in [-0.4, -0.2) is 32.8 Å². The van der Waals surface area contributed by atoms with Crippen LogP contribution >= 0.6 is 0 Å². The molecule has 196 valence electrons. The molecule has 8 heteroatoms. The van der Waals surface area contributed by atoms with Crippen molar-refractivity contribution in [3.05, 3.63) is 88.3 Å². The maximum atomic E-state index is 13.6. The van der Waals surface area contributed by atoms with Gasteiger partial charge in [-0.25, -0.2) is 4.79 Å². The van der Waals surface area contributed by atoms with E-state index in [1.54, 1.807) is 68.8 Å². The Morgan fingerprint density at radius 2 is 1.74 bits per heavy atom. The first-order valence-electron chi connectivity index (χ1n) is 12.4. The number of carbonyl (C=O) groups excluding carboxylic acids is 1. The van der Waals surface area contributed by atoms with Crippen molar-refractivity contribution in [1.82, 2.24) is 0 Å². The lowest BCUT2D eigenvalue weighted by Crippen LogP contribution is -2.35. The Morgan fingerprint density at radius 1 is 0.974 bits per heavy atom. The number of fused-ring (bicyclic) bond motifs is 3. The Balaban J connectivity index is 1.58. The van der Waals surface area contributed by atoms with Gasteiger partial charge in [0.05, 0.1) is 37.7 Å². The molecule has 5 rings (SSSR count). The van der Waals surface area contributed by atoms with Gasteiger partial charge in [-0.05, 0) is 60.0 Å². The Labute approximate surface area is 220 Å². The molecule has 0 spiro atoms. The third kappa shape index (κ3) is 4.77. The summed E-state index contributed by atoms with van der Waals surface area (Å²) in [5.74, 6) is 1.27. The van der Waals surface area contributed by atoms with Crippen LogP contribution in [0.4, 0.5) is 5.69 Å². The van der Waals surface area contributed by atoms with Crippen molar-refractivity contribution in [2.24, 2.45) is 5.92 Å². The Kier molecular flexibility index (Phi) is 6.96. The number of ether oxygens (including phenoxy) is 4. The molecule has 1 amide bonds. The normalized spacial score (nSPS) is 16.1. The second-order valence-corrected chi connectivity index (χ2v) is 9.48. The minimum atomic E-state index is -1.03. The molecule has 0 saturated carbocycles. The molecule has 0 bridgehead atoms. The minimum absolute atomic E-state index is 0.288. The number of benzene rings is 3. The summed E-state index contributed by atoms with van der Waals surface area (Å²) >= 11 is 0. The van der Waals surface area contributed by atoms with E-state index in [9.17, 15) is 9.59 Å². The fourth-order valence-corrected chi connectivity index (χ4v) is 4.56. The number of amides is 1. The Morgan fingerprint density at radius 3 is 2.45 bits per heavy atom. The Bertz CT molecular complexity index is 1520. The maximum Gasteiger partial charge on any atom is 0.344 e. The topological polar surface area (TPSA) is 96.2 Å². The fraction of sp³-hybridized carbons (Fsp3) is 0.267. The van der Waals surface area contributed by atoms with Gasteiger partial charge in [-0.1, -0.05) is 32.0 Å². The highest BCUT2D eigenvalue weighted by atomic mass is 16.5. The van der Waals surface area contributed by atoms with E-state index in [1.807, 2.05) is 12.1 Å². The van der Waals surface area contributed by atoms with Crippen LogP contribution < -0.4 is 29.9 Å². The third-order valence-corrected chi connectivity index (χ3v) is 6.39. The van der Waals surface area contributed by atoms with E-state index in [2.05, 4.69) is 19.2 Å². The summed E-state index contributed by atoms with van der Waals surface area (Å²) in [5, 5.41) is 3.52. The summed E-state index contributed by atoms with van der Waals surface area (Å²) < 4.78 is 28.6. The largest absolute Gasteiger partial charge is 0.497 e. The lowest BCUT2D eigenvalue weighted by Gasteiger charge is -2.20. The second kappa shape index (κ2) is 10.5. The van der Waals surface area contributed by atoms with Crippen molar-refractivity contribution in [3.63, 3.8) is 0 Å².